The molecule has 71 heavy (non-hydrogen) atoms. The number of nitrogens with zero attached hydrogens (tertiary/aromatic N) is 5. The third kappa shape index (κ3) is 9.26. The van der Waals surface area contributed by atoms with Crippen LogP contribution in [0.25, 0.3) is 93.9 Å². The van der Waals surface area contributed by atoms with E-state index in [0.717, 1.165) is 78.0 Å². The molecule has 6 nitrogen and oxygen atoms in total. The summed E-state index contributed by atoms with van der Waals surface area (Å²) in [6.45, 7) is 22.3. The maximum absolute atomic E-state index is 6.76. The van der Waals surface area contributed by atoms with Gasteiger partial charge in [-0.25, -0.2) is 4.98 Å². The van der Waals surface area contributed by atoms with Crippen molar-refractivity contribution in [1.29, 1.82) is 0 Å². The number of aromatic nitrogens is 5. The minimum atomic E-state index is -1.76. The first-order valence-electron chi connectivity index (χ1n) is 24.7. The molecule has 0 aliphatic heterocycles. The van der Waals surface area contributed by atoms with Crippen LogP contribution >= 0.6 is 0 Å². The van der Waals surface area contributed by atoms with Gasteiger partial charge in [-0.05, 0) is 64.2 Å². The Bertz CT molecular complexity index is 3790. The average molecular weight is 1170 g/mol. The zero-order valence-electron chi connectivity index (χ0n) is 43.3. The first-order valence-corrected chi connectivity index (χ1v) is 32.1. The Morgan fingerprint density at radius 3 is 2.00 bits per heavy atom. The fourth-order valence-electron chi connectivity index (χ4n) is 9.77. The zero-order chi connectivity index (χ0) is 49.4. The van der Waals surface area contributed by atoms with Gasteiger partial charge in [-0.1, -0.05) is 113 Å². The van der Waals surface area contributed by atoms with E-state index in [2.05, 4.69) is 230 Å². The van der Waals surface area contributed by atoms with E-state index in [4.69, 9.17) is 19.4 Å². The molecule has 1 unspecified atom stereocenters. The van der Waals surface area contributed by atoms with Gasteiger partial charge in [0.15, 0.2) is 0 Å². The maximum Gasteiger partial charge on any atom is 0.216 e. The van der Waals surface area contributed by atoms with Gasteiger partial charge >= 0.3 is 126 Å². The van der Waals surface area contributed by atoms with Crippen molar-refractivity contribution >= 4 is 83.2 Å². The summed E-state index contributed by atoms with van der Waals surface area (Å²) in [6, 6.07) is 52.0. The minimum absolute atomic E-state index is 0. The molecule has 0 saturated heterocycles. The predicted octanol–water partition coefficient (Wildman–Crippen LogP) is 16.6. The second-order valence-corrected chi connectivity index (χ2v) is 33.2. The second kappa shape index (κ2) is 18.9. The van der Waals surface area contributed by atoms with E-state index in [1.165, 1.54) is 37.1 Å². The monoisotopic (exact) mass is 1170 g/mol. The van der Waals surface area contributed by atoms with Crippen molar-refractivity contribution in [2.75, 3.05) is 0 Å². The molecule has 0 bridgehead atoms. The quantitative estimate of drug-likeness (QED) is 0.0943. The van der Waals surface area contributed by atoms with E-state index >= 15 is 0 Å². The minimum Gasteiger partial charge on any atom is -0.486 e. The normalized spacial score (nSPS) is 12.8. The summed E-state index contributed by atoms with van der Waals surface area (Å²) >= 11 is -1.76. The van der Waals surface area contributed by atoms with E-state index in [1.54, 1.807) is 0 Å². The molecule has 5 heterocycles. The van der Waals surface area contributed by atoms with E-state index in [0.29, 0.717) is 5.71 Å². The Morgan fingerprint density at radius 2 is 1.34 bits per heavy atom. The largest absolute Gasteiger partial charge is 0.486 e. The Kier molecular flexibility index (Phi) is 13.3. The van der Waals surface area contributed by atoms with Crippen molar-refractivity contribution < 1.29 is 24.5 Å². The van der Waals surface area contributed by atoms with E-state index in [1.807, 2.05) is 12.1 Å². The van der Waals surface area contributed by atoms with Crippen LogP contribution in [0, 0.1) is 24.5 Å². The van der Waals surface area contributed by atoms with Gasteiger partial charge < -0.3 is 8.98 Å². The molecule has 11 rings (SSSR count). The number of hydrogen-bond acceptors (Lipinski definition) is 5. The van der Waals surface area contributed by atoms with E-state index in [9.17, 15) is 0 Å². The van der Waals surface area contributed by atoms with Crippen molar-refractivity contribution in [3.8, 4) is 28.3 Å². The molecule has 6 aromatic carbocycles. The third-order valence-electron chi connectivity index (χ3n) is 14.2. The molecule has 361 valence electrons. The maximum atomic E-state index is 6.76. The van der Waals surface area contributed by atoms with Crippen LogP contribution in [0.15, 0.2) is 138 Å². The number of pyridine rings is 3. The van der Waals surface area contributed by atoms with Gasteiger partial charge in [0.2, 0.25) is 5.71 Å². The summed E-state index contributed by atoms with van der Waals surface area (Å²) in [5, 5.41) is 7.92. The number of furan rings is 1. The van der Waals surface area contributed by atoms with Crippen LogP contribution in [0.4, 0.5) is 0 Å². The van der Waals surface area contributed by atoms with Crippen LogP contribution in [-0.4, -0.2) is 37.8 Å². The van der Waals surface area contributed by atoms with Gasteiger partial charge in [0.05, 0.1) is 33.6 Å². The van der Waals surface area contributed by atoms with Crippen LogP contribution in [0.1, 0.15) is 96.7 Å². The number of fused-ring (bicyclic) bond motifs is 9. The smallest absolute Gasteiger partial charge is 0.216 e. The predicted molar refractivity (Wildman–Crippen MR) is 298 cm³/mol. The van der Waals surface area contributed by atoms with Gasteiger partial charge in [0, 0.05) is 53.6 Å². The second-order valence-electron chi connectivity index (χ2n) is 22.5. The summed E-state index contributed by atoms with van der Waals surface area (Å²) in [6.07, 6.45) is 2.06. The van der Waals surface area contributed by atoms with Crippen molar-refractivity contribution in [3.63, 3.8) is 0 Å². The third-order valence-corrected chi connectivity index (χ3v) is 18.5. The Balaban J connectivity index is 0.000000251. The summed E-state index contributed by atoms with van der Waals surface area (Å²) in [5.74, 6) is 8.42. The number of imidazole rings is 1. The summed E-state index contributed by atoms with van der Waals surface area (Å²) in [5.41, 5.74) is 13.0. The van der Waals surface area contributed by atoms with Crippen LogP contribution in [0.2, 0.25) is 17.3 Å². The molecule has 0 saturated carbocycles. The standard InChI is InChI=1S/C45H39N4O.C18H24GeN.Ir/c1-25(2)38-31-15-10-8-13-29(31)30-14-9-11-16-32(30)40(38)49-41-37(23-21-28-20-19-26(3)46-39(28)41)47-43(49)35-18-12-17-33-34-22-24-36(27(4)45(5,6)7)48-44(34)50-42(33)35;1-18(2,3)15-9-7-8-14(12-15)17-11-10-16(13-20-17)19(4,5)6;/h8-17,19-25,27H,1-7H3;7,9-13H,1-6H3;/q2*-1;. The van der Waals surface area contributed by atoms with E-state index in [-0.39, 0.29) is 42.8 Å². The van der Waals surface area contributed by atoms with Gasteiger partial charge in [-0.3, -0.25) is 9.97 Å². The molecule has 1 atom stereocenters. The molecule has 0 fully saturated rings. The summed E-state index contributed by atoms with van der Waals surface area (Å²) in [4.78, 5) is 20.3. The average Bonchev–Trinajstić information content (AvgIpc) is 3.91. The Labute approximate surface area is 435 Å². The molecule has 0 aliphatic rings. The van der Waals surface area contributed by atoms with Crippen molar-refractivity contribution in [2.45, 2.75) is 104 Å². The topological polar surface area (TPSA) is 69.6 Å². The summed E-state index contributed by atoms with van der Waals surface area (Å²) < 4.78 is 10.6. The molecule has 0 spiro atoms. The van der Waals surface area contributed by atoms with Crippen molar-refractivity contribution in [1.82, 2.24) is 24.5 Å². The van der Waals surface area contributed by atoms with Crippen LogP contribution in [-0.2, 0) is 25.5 Å². The van der Waals surface area contributed by atoms with Gasteiger partial charge in [0.1, 0.15) is 0 Å². The molecule has 0 N–H and O–H groups in total. The van der Waals surface area contributed by atoms with E-state index < -0.39 is 13.3 Å². The summed E-state index contributed by atoms with van der Waals surface area (Å²) in [7, 11) is 0. The fraction of sp³-hybridized carbons (Fsp3) is 0.270. The first-order chi connectivity index (χ1) is 33.3. The van der Waals surface area contributed by atoms with Gasteiger partial charge in [0.25, 0.3) is 0 Å². The molecule has 0 aliphatic carbocycles. The first kappa shape index (κ1) is 50.0. The van der Waals surface area contributed by atoms with Gasteiger partial charge in [-0.2, -0.15) is 0 Å². The molecule has 8 heteroatoms. The number of benzene rings is 6. The SMILES string of the molecule is CC(C)(C)c1cc[c-]c(-c2cc[c]([Ge]([CH3])([CH3])[CH3])cn2)c1.Cc1ccc2ccc3nc(-c4[c-]ccc5c4oc4nc(C(C)C(C)(C)C)ccc45)n(-c4c(C(C)C)c5ccccc5c5ccccc45)c3c2n1.[Ir]. The van der Waals surface area contributed by atoms with Crippen molar-refractivity contribution in [3.05, 3.63) is 168 Å². The molecular formula is C63H63GeIrN5O-2. The van der Waals surface area contributed by atoms with Crippen LogP contribution in [0.5, 0.6) is 0 Å². The van der Waals surface area contributed by atoms with Crippen molar-refractivity contribution in [2.24, 2.45) is 5.41 Å². The van der Waals surface area contributed by atoms with Crippen LogP contribution < -0.4 is 4.40 Å². The fourth-order valence-corrected chi connectivity index (χ4v) is 11.9. The molecule has 1 radical (unpaired) electrons. The Morgan fingerprint density at radius 1 is 0.662 bits per heavy atom. The molecule has 0 amide bonds. The number of hydrogen-bond donors (Lipinski definition) is 0. The molecule has 11 aromatic rings. The Hall–Kier alpha value is -5.99. The van der Waals surface area contributed by atoms with Gasteiger partial charge in [-0.15, -0.1) is 18.2 Å². The molecular weight excluding hydrogens is 1110 g/mol. The number of aryl methyl sites for hydroxylation is 1. The zero-order valence-corrected chi connectivity index (χ0v) is 47.8. The van der Waals surface area contributed by atoms with Crippen LogP contribution in [0.3, 0.4) is 0 Å². The number of rotatable bonds is 6. The molecule has 5 aromatic heterocycles.